The van der Waals surface area contributed by atoms with Gasteiger partial charge >= 0.3 is 0 Å². The van der Waals surface area contributed by atoms with Crippen molar-refractivity contribution in [2.45, 2.75) is 58.5 Å². The molecule has 2 rings (SSSR count). The Morgan fingerprint density at radius 2 is 1.77 bits per heavy atom. The minimum atomic E-state index is 0.711. The summed E-state index contributed by atoms with van der Waals surface area (Å²) in [6, 6.07) is 9.08. The van der Waals surface area contributed by atoms with Crippen LogP contribution in [0.4, 0.5) is 0 Å². The Bertz CT molecular complexity index is 461. The largest absolute Gasteiger partial charge is 0.373 e. The van der Waals surface area contributed by atoms with E-state index >= 15 is 0 Å². The van der Waals surface area contributed by atoms with E-state index < -0.39 is 0 Å². The van der Waals surface area contributed by atoms with E-state index in [1.54, 1.807) is 0 Å². The third-order valence-corrected chi connectivity index (χ3v) is 4.57. The normalized spacial score (nSPS) is 22.6. The van der Waals surface area contributed by atoms with Crippen molar-refractivity contribution in [2.75, 3.05) is 6.61 Å². The van der Waals surface area contributed by atoms with Crippen molar-refractivity contribution in [2.24, 2.45) is 5.92 Å². The second-order valence-corrected chi connectivity index (χ2v) is 6.27. The van der Waals surface area contributed by atoms with Crippen LogP contribution in [0, 0.1) is 5.92 Å². The van der Waals surface area contributed by atoms with E-state index in [4.69, 9.17) is 4.74 Å². The van der Waals surface area contributed by atoms with E-state index in [-0.39, 0.29) is 0 Å². The van der Waals surface area contributed by atoms with Gasteiger partial charge in [-0.2, -0.15) is 0 Å². The van der Waals surface area contributed by atoms with Gasteiger partial charge in [-0.25, -0.2) is 0 Å². The molecule has 1 fully saturated rings. The Kier molecular flexibility index (Phi) is 7.45. The van der Waals surface area contributed by atoms with E-state index in [2.05, 4.69) is 62.4 Å². The maximum Gasteiger partial charge on any atom is 0.0721 e. The molecule has 22 heavy (non-hydrogen) atoms. The molecular formula is C21H30O. The zero-order valence-electron chi connectivity index (χ0n) is 14.1. The van der Waals surface area contributed by atoms with E-state index in [1.807, 2.05) is 0 Å². The predicted molar refractivity (Wildman–Crippen MR) is 95.0 cm³/mol. The van der Waals surface area contributed by atoms with Gasteiger partial charge in [-0.15, -0.1) is 0 Å². The molecule has 0 saturated heterocycles. The summed E-state index contributed by atoms with van der Waals surface area (Å²) in [5, 5.41) is 0. The van der Waals surface area contributed by atoms with Crippen LogP contribution in [0.5, 0.6) is 0 Å². The molecule has 1 heteroatoms. The molecule has 1 nitrogen and oxygen atoms in total. The molecule has 0 N–H and O–H groups in total. The fourth-order valence-corrected chi connectivity index (χ4v) is 3.28. The summed E-state index contributed by atoms with van der Waals surface area (Å²) in [4.78, 5) is 0. The Labute approximate surface area is 136 Å². The molecule has 1 aromatic carbocycles. The van der Waals surface area contributed by atoms with Gasteiger partial charge in [0.05, 0.1) is 13.2 Å². The van der Waals surface area contributed by atoms with Crippen molar-refractivity contribution in [3.63, 3.8) is 0 Å². The predicted octanol–water partition coefficient (Wildman–Crippen LogP) is 6.02. The first-order chi connectivity index (χ1) is 10.8. The van der Waals surface area contributed by atoms with Gasteiger partial charge in [-0.05, 0) is 62.0 Å². The highest BCUT2D eigenvalue weighted by molar-refractivity contribution is 5.25. The Morgan fingerprint density at radius 1 is 1.05 bits per heavy atom. The molecule has 0 radical (unpaired) electrons. The number of ether oxygens (including phenoxy) is 1. The van der Waals surface area contributed by atoms with Crippen LogP contribution in [-0.2, 0) is 11.3 Å². The van der Waals surface area contributed by atoms with Crippen LogP contribution >= 0.6 is 0 Å². The minimum absolute atomic E-state index is 0.711. The summed E-state index contributed by atoms with van der Waals surface area (Å²) in [7, 11) is 0. The zero-order chi connectivity index (χ0) is 15.6. The summed E-state index contributed by atoms with van der Waals surface area (Å²) in [6.07, 6.45) is 15.2. The Balaban J connectivity index is 1.78. The summed E-state index contributed by atoms with van der Waals surface area (Å²) in [5.41, 5.74) is 2.78. The monoisotopic (exact) mass is 298 g/mol. The summed E-state index contributed by atoms with van der Waals surface area (Å²) in [5.74, 6) is 1.56. The van der Waals surface area contributed by atoms with Gasteiger partial charge in [0.25, 0.3) is 0 Å². The number of hydrogen-bond acceptors (Lipinski definition) is 1. The molecule has 0 aliphatic heterocycles. The van der Waals surface area contributed by atoms with Crippen LogP contribution in [0.3, 0.4) is 0 Å². The highest BCUT2D eigenvalue weighted by atomic mass is 16.5. The average molecular weight is 298 g/mol. The lowest BCUT2D eigenvalue weighted by atomic mass is 9.78. The second-order valence-electron chi connectivity index (χ2n) is 6.27. The number of hydrogen-bond donors (Lipinski definition) is 0. The number of benzene rings is 1. The van der Waals surface area contributed by atoms with Gasteiger partial charge in [0.15, 0.2) is 0 Å². The third kappa shape index (κ3) is 5.46. The smallest absolute Gasteiger partial charge is 0.0721 e. The molecule has 0 spiro atoms. The average Bonchev–Trinajstić information content (AvgIpc) is 2.56. The number of allylic oxidation sites excluding steroid dienone is 3. The van der Waals surface area contributed by atoms with Crippen LogP contribution in [0.2, 0.25) is 0 Å². The highest BCUT2D eigenvalue weighted by Gasteiger charge is 2.20. The lowest BCUT2D eigenvalue weighted by Crippen LogP contribution is -2.11. The summed E-state index contributed by atoms with van der Waals surface area (Å²) in [6.45, 7) is 5.69. The fourth-order valence-electron chi connectivity index (χ4n) is 3.28. The van der Waals surface area contributed by atoms with Gasteiger partial charge < -0.3 is 4.74 Å². The zero-order valence-corrected chi connectivity index (χ0v) is 14.1. The molecule has 120 valence electrons. The maximum absolute atomic E-state index is 5.65. The van der Waals surface area contributed by atoms with E-state index in [9.17, 15) is 0 Å². The van der Waals surface area contributed by atoms with E-state index in [0.29, 0.717) is 13.2 Å². The molecule has 0 aromatic heterocycles. The highest BCUT2D eigenvalue weighted by Crippen LogP contribution is 2.36. The maximum atomic E-state index is 5.65. The molecule has 0 unspecified atom stereocenters. The molecule has 0 heterocycles. The van der Waals surface area contributed by atoms with E-state index in [0.717, 1.165) is 18.3 Å². The van der Waals surface area contributed by atoms with Crippen molar-refractivity contribution in [3.05, 3.63) is 59.7 Å². The topological polar surface area (TPSA) is 9.23 Å². The lowest BCUT2D eigenvalue weighted by Gasteiger charge is -2.27. The molecule has 0 amide bonds. The van der Waals surface area contributed by atoms with Crippen LogP contribution in [0.1, 0.15) is 63.0 Å². The van der Waals surface area contributed by atoms with Crippen LogP contribution < -0.4 is 0 Å². The summed E-state index contributed by atoms with van der Waals surface area (Å²) < 4.78 is 5.65. The van der Waals surface area contributed by atoms with Crippen LogP contribution in [0.25, 0.3) is 0 Å². The minimum Gasteiger partial charge on any atom is -0.373 e. The standard InChI is InChI=1S/C21H30O/c1-3-5-6-16-22-17-19-10-14-21(15-11-19)20-12-8-18(7-4-2)9-13-20/h4-7,10-11,14-15,18,20H,3,8-9,12-13,16-17H2,1-2H3/t18-,20-. The molecule has 0 bridgehead atoms. The number of rotatable bonds is 7. The molecule has 1 aliphatic rings. The molecule has 1 saturated carbocycles. The third-order valence-electron chi connectivity index (χ3n) is 4.57. The first kappa shape index (κ1) is 17.0. The first-order valence-electron chi connectivity index (χ1n) is 8.77. The quantitative estimate of drug-likeness (QED) is 0.442. The molecule has 1 aliphatic carbocycles. The molecule has 1 aromatic rings. The van der Waals surface area contributed by atoms with Crippen molar-refractivity contribution in [3.8, 4) is 0 Å². The molecule has 0 atom stereocenters. The molecular weight excluding hydrogens is 268 g/mol. The SMILES string of the molecule is CC=C[C@H]1CC[C@H](c2ccc(COCC=CCC)cc2)CC1. The lowest BCUT2D eigenvalue weighted by molar-refractivity contribution is 0.148. The van der Waals surface area contributed by atoms with Crippen LogP contribution in [0.15, 0.2) is 48.6 Å². The van der Waals surface area contributed by atoms with E-state index in [1.165, 1.54) is 36.8 Å². The van der Waals surface area contributed by atoms with Crippen molar-refractivity contribution in [1.29, 1.82) is 0 Å². The van der Waals surface area contributed by atoms with Gasteiger partial charge in [-0.3, -0.25) is 0 Å². The van der Waals surface area contributed by atoms with Crippen molar-refractivity contribution >= 4 is 0 Å². The van der Waals surface area contributed by atoms with Gasteiger partial charge in [0.2, 0.25) is 0 Å². The Morgan fingerprint density at radius 3 is 2.41 bits per heavy atom. The van der Waals surface area contributed by atoms with Crippen molar-refractivity contribution < 1.29 is 4.74 Å². The fraction of sp³-hybridized carbons (Fsp3) is 0.524. The van der Waals surface area contributed by atoms with Crippen LogP contribution in [-0.4, -0.2) is 6.61 Å². The first-order valence-corrected chi connectivity index (χ1v) is 8.77. The Hall–Kier alpha value is -1.34. The van der Waals surface area contributed by atoms with Gasteiger partial charge in [0.1, 0.15) is 0 Å². The van der Waals surface area contributed by atoms with Crippen molar-refractivity contribution in [1.82, 2.24) is 0 Å². The summed E-state index contributed by atoms with van der Waals surface area (Å²) >= 11 is 0. The van der Waals surface area contributed by atoms with Gasteiger partial charge in [-0.1, -0.05) is 55.5 Å². The second kappa shape index (κ2) is 9.63. The van der Waals surface area contributed by atoms with Gasteiger partial charge in [0, 0.05) is 0 Å².